The van der Waals surface area contributed by atoms with Gasteiger partial charge in [-0.15, -0.1) is 0 Å². The maximum Gasteiger partial charge on any atom is 0.280 e. The van der Waals surface area contributed by atoms with Crippen molar-refractivity contribution < 1.29 is 19.0 Å². The summed E-state index contributed by atoms with van der Waals surface area (Å²) in [6.45, 7) is 0.366. The second-order valence-corrected chi connectivity index (χ2v) is 7.89. The highest BCUT2D eigenvalue weighted by atomic mass is 35.5. The molecule has 0 spiro atoms. The summed E-state index contributed by atoms with van der Waals surface area (Å²) in [5.41, 5.74) is 2.02. The second-order valence-electron chi connectivity index (χ2n) is 6.54. The Morgan fingerprint density at radius 2 is 1.77 bits per heavy atom. The van der Waals surface area contributed by atoms with E-state index in [4.69, 9.17) is 25.8 Å². The maximum absolute atomic E-state index is 13.0. The van der Waals surface area contributed by atoms with Gasteiger partial charge in [-0.3, -0.25) is 9.69 Å². The van der Waals surface area contributed by atoms with Crippen molar-refractivity contribution in [2.75, 3.05) is 38.8 Å². The van der Waals surface area contributed by atoms with Gasteiger partial charge in [-0.1, -0.05) is 29.4 Å². The molecule has 30 heavy (non-hydrogen) atoms. The van der Waals surface area contributed by atoms with E-state index in [2.05, 4.69) is 4.99 Å². The first-order valence-electron chi connectivity index (χ1n) is 9.09. The summed E-state index contributed by atoms with van der Waals surface area (Å²) in [6.07, 6.45) is 1.75. The number of halogens is 1. The van der Waals surface area contributed by atoms with Crippen molar-refractivity contribution in [2.24, 2.45) is 4.99 Å². The largest absolute Gasteiger partial charge is 0.495 e. The molecule has 2 aliphatic rings. The Balaban J connectivity index is 1.58. The summed E-state index contributed by atoms with van der Waals surface area (Å²) in [6, 6.07) is 10.9. The lowest BCUT2D eigenvalue weighted by molar-refractivity contribution is -0.122. The van der Waals surface area contributed by atoms with Crippen LogP contribution in [0, 0.1) is 0 Å². The number of amidine groups is 1. The molecule has 2 heterocycles. The number of rotatable bonds is 5. The average Bonchev–Trinajstić information content (AvgIpc) is 3.08. The van der Waals surface area contributed by atoms with Crippen molar-refractivity contribution in [1.29, 1.82) is 0 Å². The number of fused-ring (bicyclic) bond motifs is 1. The molecule has 2 aromatic rings. The fourth-order valence-corrected chi connectivity index (χ4v) is 4.39. The van der Waals surface area contributed by atoms with E-state index in [1.165, 1.54) is 11.8 Å². The Hall–Kier alpha value is -2.84. The Morgan fingerprint density at radius 3 is 2.50 bits per heavy atom. The molecule has 156 valence electrons. The Bertz CT molecular complexity index is 1060. The first kappa shape index (κ1) is 20.4. The molecule has 2 aliphatic heterocycles. The topological polar surface area (TPSA) is 63.6 Å². The van der Waals surface area contributed by atoms with Crippen LogP contribution in [0.3, 0.4) is 0 Å². The van der Waals surface area contributed by atoms with E-state index >= 15 is 0 Å². The third-order valence-corrected chi connectivity index (χ3v) is 6.01. The lowest BCUT2D eigenvalue weighted by Gasteiger charge is -2.34. The predicted octanol–water partition coefficient (Wildman–Crippen LogP) is 4.07. The molecule has 7 nitrogen and oxygen atoms in total. The number of hydrogen-bond acceptors (Lipinski definition) is 7. The molecule has 4 rings (SSSR count). The summed E-state index contributed by atoms with van der Waals surface area (Å²) >= 11 is 7.66. The van der Waals surface area contributed by atoms with Crippen molar-refractivity contribution in [3.63, 3.8) is 0 Å². The lowest BCUT2D eigenvalue weighted by atomic mass is 10.1. The molecular formula is C21H20ClN3O4S. The van der Waals surface area contributed by atoms with Gasteiger partial charge in [0.15, 0.2) is 16.7 Å². The van der Waals surface area contributed by atoms with E-state index in [0.717, 1.165) is 11.3 Å². The minimum atomic E-state index is -0.155. The van der Waals surface area contributed by atoms with Crippen LogP contribution < -0.4 is 19.1 Å². The zero-order chi connectivity index (χ0) is 21.3. The molecule has 1 saturated heterocycles. The van der Waals surface area contributed by atoms with Crippen LogP contribution in [0.2, 0.25) is 5.02 Å². The number of hydrogen-bond donors (Lipinski definition) is 0. The number of methoxy groups -OCH3 is 3. The summed E-state index contributed by atoms with van der Waals surface area (Å²) in [5.74, 6) is 2.40. The zero-order valence-electron chi connectivity index (χ0n) is 16.7. The molecule has 2 aromatic carbocycles. The van der Waals surface area contributed by atoms with Gasteiger partial charge in [0.25, 0.3) is 5.91 Å². The van der Waals surface area contributed by atoms with Crippen LogP contribution in [0.15, 0.2) is 47.1 Å². The van der Waals surface area contributed by atoms with Crippen LogP contribution in [0.4, 0.5) is 5.69 Å². The molecule has 0 radical (unpaired) electrons. The fraction of sp³-hybridized carbons (Fsp3) is 0.238. The van der Waals surface area contributed by atoms with Crippen molar-refractivity contribution in [1.82, 2.24) is 4.90 Å². The minimum absolute atomic E-state index is 0.155. The first-order chi connectivity index (χ1) is 14.5. The van der Waals surface area contributed by atoms with E-state index in [0.29, 0.717) is 45.7 Å². The highest BCUT2D eigenvalue weighted by molar-refractivity contribution is 8.14. The van der Waals surface area contributed by atoms with Gasteiger partial charge in [0.05, 0.1) is 32.9 Å². The van der Waals surface area contributed by atoms with Crippen molar-refractivity contribution >= 4 is 46.2 Å². The van der Waals surface area contributed by atoms with E-state index in [1.54, 1.807) is 44.4 Å². The fourth-order valence-electron chi connectivity index (χ4n) is 3.27. The van der Waals surface area contributed by atoms with Gasteiger partial charge in [0.2, 0.25) is 0 Å². The number of aliphatic imine (C=N–C) groups is 1. The van der Waals surface area contributed by atoms with Gasteiger partial charge in [-0.05, 0) is 42.0 Å². The van der Waals surface area contributed by atoms with Crippen molar-refractivity contribution in [3.05, 3.63) is 52.7 Å². The molecule has 0 atom stereocenters. The number of amides is 1. The van der Waals surface area contributed by atoms with Gasteiger partial charge < -0.3 is 19.1 Å². The van der Waals surface area contributed by atoms with E-state index < -0.39 is 0 Å². The van der Waals surface area contributed by atoms with Crippen LogP contribution >= 0.6 is 23.4 Å². The molecule has 0 aromatic heterocycles. The average molecular weight is 446 g/mol. The molecule has 0 N–H and O–H groups in total. The standard InChI is InChI=1S/C21H20ClN3O4S/c1-27-17-7-5-14(22)10-16(17)24-11-25-20(26)15(23-21(25)30-12-24)8-13-4-6-18(28-2)19(9-13)29-3/h4-10H,11-12H2,1-3H3. The SMILES string of the molecule is COc1ccc(C=C2N=C3SCN(c4cc(Cl)ccc4OC)CN3C2=O)cc1OC. The number of thioether (sulfide) groups is 1. The molecule has 0 aliphatic carbocycles. The minimum Gasteiger partial charge on any atom is -0.495 e. The highest BCUT2D eigenvalue weighted by Gasteiger charge is 2.36. The third kappa shape index (κ3) is 3.80. The van der Waals surface area contributed by atoms with Crippen molar-refractivity contribution in [3.8, 4) is 17.2 Å². The summed E-state index contributed by atoms with van der Waals surface area (Å²) in [4.78, 5) is 21.2. The number of nitrogens with zero attached hydrogens (tertiary/aromatic N) is 3. The van der Waals surface area contributed by atoms with Gasteiger partial charge in [0, 0.05) is 5.02 Å². The van der Waals surface area contributed by atoms with Crippen molar-refractivity contribution in [2.45, 2.75) is 0 Å². The summed E-state index contributed by atoms with van der Waals surface area (Å²) < 4.78 is 16.1. The quantitative estimate of drug-likeness (QED) is 0.646. The molecule has 0 bridgehead atoms. The lowest BCUT2D eigenvalue weighted by Crippen LogP contribution is -2.46. The number of carbonyl (C=O) groups is 1. The Morgan fingerprint density at radius 1 is 1.03 bits per heavy atom. The molecule has 1 fully saturated rings. The molecular weight excluding hydrogens is 426 g/mol. The Kier molecular flexibility index (Phi) is 5.78. The van der Waals surface area contributed by atoms with Gasteiger partial charge in [0.1, 0.15) is 18.1 Å². The third-order valence-electron chi connectivity index (χ3n) is 4.77. The van der Waals surface area contributed by atoms with Crippen LogP contribution in [0.25, 0.3) is 6.08 Å². The second kappa shape index (κ2) is 8.49. The van der Waals surface area contributed by atoms with Gasteiger partial charge >= 0.3 is 0 Å². The van der Waals surface area contributed by atoms with Crippen LogP contribution in [0.1, 0.15) is 5.56 Å². The Labute approximate surface area is 183 Å². The first-order valence-corrected chi connectivity index (χ1v) is 10.5. The normalized spacial score (nSPS) is 17.1. The number of carbonyl (C=O) groups excluding carboxylic acids is 1. The van der Waals surface area contributed by atoms with Crippen LogP contribution in [-0.2, 0) is 4.79 Å². The molecule has 0 unspecified atom stereocenters. The summed E-state index contributed by atoms with van der Waals surface area (Å²) in [7, 11) is 4.77. The predicted molar refractivity (Wildman–Crippen MR) is 120 cm³/mol. The van der Waals surface area contributed by atoms with Crippen LogP contribution in [-0.4, -0.2) is 49.8 Å². The number of benzene rings is 2. The molecule has 0 saturated carbocycles. The highest BCUT2D eigenvalue weighted by Crippen LogP contribution is 2.37. The number of anilines is 1. The number of ether oxygens (including phenoxy) is 3. The smallest absolute Gasteiger partial charge is 0.280 e. The van der Waals surface area contributed by atoms with Gasteiger partial charge in [-0.2, -0.15) is 0 Å². The monoisotopic (exact) mass is 445 g/mol. The molecule has 9 heteroatoms. The zero-order valence-corrected chi connectivity index (χ0v) is 18.3. The maximum atomic E-state index is 13.0. The van der Waals surface area contributed by atoms with E-state index in [9.17, 15) is 4.79 Å². The van der Waals surface area contributed by atoms with Crippen LogP contribution in [0.5, 0.6) is 17.2 Å². The van der Waals surface area contributed by atoms with E-state index in [1.807, 2.05) is 29.2 Å². The molecule has 1 amide bonds. The van der Waals surface area contributed by atoms with E-state index in [-0.39, 0.29) is 5.91 Å². The summed E-state index contributed by atoms with van der Waals surface area (Å²) in [5, 5.41) is 1.29. The van der Waals surface area contributed by atoms with Gasteiger partial charge in [-0.25, -0.2) is 4.99 Å².